The normalized spacial score (nSPS) is 13.8. The Hall–Kier alpha value is -1.45. The van der Waals surface area contributed by atoms with Crippen LogP contribution in [-0.2, 0) is 0 Å². The lowest BCUT2D eigenvalue weighted by atomic mass is 9.99. The van der Waals surface area contributed by atoms with Crippen LogP contribution in [-0.4, -0.2) is 12.3 Å². The SMILES string of the molecule is CSc1ccccc1OC(c1ccccc1C)C(C)N. The molecule has 0 amide bonds. The zero-order valence-electron chi connectivity index (χ0n) is 12.2. The van der Waals surface area contributed by atoms with Gasteiger partial charge in [-0.15, -0.1) is 11.8 Å². The van der Waals surface area contributed by atoms with Crippen molar-refractivity contribution in [2.75, 3.05) is 6.26 Å². The number of para-hydroxylation sites is 1. The monoisotopic (exact) mass is 287 g/mol. The lowest BCUT2D eigenvalue weighted by Gasteiger charge is -2.25. The Labute approximate surface area is 125 Å². The Kier molecular flexibility index (Phi) is 5.10. The first-order valence-electron chi connectivity index (χ1n) is 6.74. The first kappa shape index (κ1) is 14.9. The molecule has 20 heavy (non-hydrogen) atoms. The van der Waals surface area contributed by atoms with Crippen LogP contribution in [0.25, 0.3) is 0 Å². The highest BCUT2D eigenvalue weighted by atomic mass is 32.2. The van der Waals surface area contributed by atoms with Gasteiger partial charge in [0.1, 0.15) is 11.9 Å². The highest BCUT2D eigenvalue weighted by molar-refractivity contribution is 7.98. The third-order valence-electron chi connectivity index (χ3n) is 3.30. The maximum Gasteiger partial charge on any atom is 0.139 e. The van der Waals surface area contributed by atoms with Crippen LogP contribution in [0.3, 0.4) is 0 Å². The van der Waals surface area contributed by atoms with Gasteiger partial charge in [0.25, 0.3) is 0 Å². The molecule has 0 heterocycles. The molecule has 2 aromatic rings. The standard InChI is InChI=1S/C17H21NOS/c1-12-8-4-5-9-14(12)17(13(2)18)19-15-10-6-7-11-16(15)20-3/h4-11,13,17H,18H2,1-3H3. The minimum atomic E-state index is -0.135. The smallest absolute Gasteiger partial charge is 0.139 e. The van der Waals surface area contributed by atoms with Crippen molar-refractivity contribution in [1.29, 1.82) is 0 Å². The van der Waals surface area contributed by atoms with Crippen LogP contribution in [0.15, 0.2) is 53.4 Å². The number of nitrogens with two attached hydrogens (primary N) is 1. The summed E-state index contributed by atoms with van der Waals surface area (Å²) in [7, 11) is 0. The van der Waals surface area contributed by atoms with E-state index in [1.54, 1.807) is 11.8 Å². The van der Waals surface area contributed by atoms with Gasteiger partial charge in [-0.3, -0.25) is 0 Å². The van der Waals surface area contributed by atoms with Gasteiger partial charge < -0.3 is 10.5 Å². The van der Waals surface area contributed by atoms with Crippen molar-refractivity contribution in [1.82, 2.24) is 0 Å². The van der Waals surface area contributed by atoms with Crippen LogP contribution in [0.4, 0.5) is 0 Å². The minimum absolute atomic E-state index is 0.0778. The number of aryl methyl sites for hydroxylation is 1. The number of rotatable bonds is 5. The van der Waals surface area contributed by atoms with Gasteiger partial charge in [0, 0.05) is 10.9 Å². The van der Waals surface area contributed by atoms with E-state index in [9.17, 15) is 0 Å². The lowest BCUT2D eigenvalue weighted by molar-refractivity contribution is 0.175. The molecule has 0 aromatic heterocycles. The fourth-order valence-corrected chi connectivity index (χ4v) is 2.74. The predicted molar refractivity (Wildman–Crippen MR) is 86.4 cm³/mol. The molecule has 0 bridgehead atoms. The highest BCUT2D eigenvalue weighted by Gasteiger charge is 2.20. The fraction of sp³-hybridized carbons (Fsp3) is 0.294. The van der Waals surface area contributed by atoms with Gasteiger partial charge in [-0.2, -0.15) is 0 Å². The van der Waals surface area contributed by atoms with E-state index >= 15 is 0 Å². The zero-order valence-corrected chi connectivity index (χ0v) is 13.0. The van der Waals surface area contributed by atoms with E-state index in [1.807, 2.05) is 37.3 Å². The Balaban J connectivity index is 2.34. The van der Waals surface area contributed by atoms with Gasteiger partial charge in [0.15, 0.2) is 0 Å². The molecule has 0 fully saturated rings. The lowest BCUT2D eigenvalue weighted by Crippen LogP contribution is -2.29. The maximum atomic E-state index is 6.22. The topological polar surface area (TPSA) is 35.2 Å². The van der Waals surface area contributed by atoms with E-state index < -0.39 is 0 Å². The molecule has 2 nitrogen and oxygen atoms in total. The molecule has 0 saturated heterocycles. The first-order chi connectivity index (χ1) is 9.63. The Morgan fingerprint density at radius 3 is 2.35 bits per heavy atom. The second kappa shape index (κ2) is 6.82. The molecule has 0 aliphatic rings. The van der Waals surface area contributed by atoms with Gasteiger partial charge in [-0.25, -0.2) is 0 Å². The summed E-state index contributed by atoms with van der Waals surface area (Å²) < 4.78 is 6.22. The average Bonchev–Trinajstić information content (AvgIpc) is 2.46. The molecule has 2 unspecified atom stereocenters. The van der Waals surface area contributed by atoms with Crippen LogP contribution < -0.4 is 10.5 Å². The number of benzene rings is 2. The summed E-state index contributed by atoms with van der Waals surface area (Å²) in [4.78, 5) is 1.13. The van der Waals surface area contributed by atoms with Gasteiger partial charge in [-0.1, -0.05) is 36.4 Å². The maximum absolute atomic E-state index is 6.22. The van der Waals surface area contributed by atoms with Crippen LogP contribution in [0, 0.1) is 6.92 Å². The van der Waals surface area contributed by atoms with Crippen molar-refractivity contribution < 1.29 is 4.74 Å². The number of thioether (sulfide) groups is 1. The van der Waals surface area contributed by atoms with E-state index in [-0.39, 0.29) is 12.1 Å². The van der Waals surface area contributed by atoms with Gasteiger partial charge >= 0.3 is 0 Å². The van der Waals surface area contributed by atoms with Crippen molar-refractivity contribution in [2.24, 2.45) is 5.73 Å². The molecule has 106 valence electrons. The first-order valence-corrected chi connectivity index (χ1v) is 7.96. The van der Waals surface area contributed by atoms with Crippen molar-refractivity contribution in [3.8, 4) is 5.75 Å². The summed E-state index contributed by atoms with van der Waals surface area (Å²) in [5.41, 5.74) is 8.50. The molecule has 0 saturated carbocycles. The number of ether oxygens (including phenoxy) is 1. The molecule has 2 N–H and O–H groups in total. The molecule has 2 aromatic carbocycles. The Morgan fingerprint density at radius 2 is 1.70 bits per heavy atom. The highest BCUT2D eigenvalue weighted by Crippen LogP contribution is 2.32. The molecule has 2 atom stereocenters. The van der Waals surface area contributed by atoms with E-state index in [0.29, 0.717) is 0 Å². The molecular formula is C17H21NOS. The number of hydrogen-bond acceptors (Lipinski definition) is 3. The summed E-state index contributed by atoms with van der Waals surface area (Å²) >= 11 is 1.68. The molecular weight excluding hydrogens is 266 g/mol. The van der Waals surface area contributed by atoms with Crippen molar-refractivity contribution in [3.63, 3.8) is 0 Å². The van der Waals surface area contributed by atoms with Crippen LogP contribution in [0.5, 0.6) is 5.75 Å². The second-order valence-corrected chi connectivity index (χ2v) is 5.75. The molecule has 3 heteroatoms. The summed E-state index contributed by atoms with van der Waals surface area (Å²) in [5, 5.41) is 0. The van der Waals surface area contributed by atoms with Gasteiger partial charge in [-0.05, 0) is 43.4 Å². The van der Waals surface area contributed by atoms with Crippen LogP contribution >= 0.6 is 11.8 Å². The average molecular weight is 287 g/mol. The van der Waals surface area contributed by atoms with Crippen LogP contribution in [0.1, 0.15) is 24.2 Å². The summed E-state index contributed by atoms with van der Waals surface area (Å²) in [6.07, 6.45) is 1.92. The third kappa shape index (κ3) is 3.35. The largest absolute Gasteiger partial charge is 0.483 e. The van der Waals surface area contributed by atoms with Crippen LogP contribution in [0.2, 0.25) is 0 Å². The summed E-state index contributed by atoms with van der Waals surface area (Å²) in [5.74, 6) is 0.894. The van der Waals surface area contributed by atoms with Crippen molar-refractivity contribution in [3.05, 3.63) is 59.7 Å². The van der Waals surface area contributed by atoms with Crippen molar-refractivity contribution in [2.45, 2.75) is 30.9 Å². The van der Waals surface area contributed by atoms with E-state index in [4.69, 9.17) is 10.5 Å². The fourth-order valence-electron chi connectivity index (χ4n) is 2.21. The number of hydrogen-bond donors (Lipinski definition) is 1. The van der Waals surface area contributed by atoms with E-state index in [1.165, 1.54) is 5.56 Å². The van der Waals surface area contributed by atoms with E-state index in [2.05, 4.69) is 31.4 Å². The Morgan fingerprint density at radius 1 is 1.05 bits per heavy atom. The predicted octanol–water partition coefficient (Wildman–Crippen LogP) is 4.18. The molecule has 0 spiro atoms. The molecule has 2 rings (SSSR count). The minimum Gasteiger partial charge on any atom is -0.483 e. The third-order valence-corrected chi connectivity index (χ3v) is 4.07. The summed E-state index contributed by atoms with van der Waals surface area (Å²) in [6, 6.07) is 16.2. The van der Waals surface area contributed by atoms with E-state index in [0.717, 1.165) is 16.2 Å². The van der Waals surface area contributed by atoms with Crippen molar-refractivity contribution >= 4 is 11.8 Å². The zero-order chi connectivity index (χ0) is 14.5. The molecule has 0 aliphatic carbocycles. The van der Waals surface area contributed by atoms with Gasteiger partial charge in [0.2, 0.25) is 0 Å². The molecule has 0 radical (unpaired) electrons. The Bertz CT molecular complexity index is 568. The second-order valence-electron chi connectivity index (χ2n) is 4.91. The molecule has 0 aliphatic heterocycles. The summed E-state index contributed by atoms with van der Waals surface area (Å²) in [6.45, 7) is 4.08. The quantitative estimate of drug-likeness (QED) is 0.838. The van der Waals surface area contributed by atoms with Gasteiger partial charge in [0.05, 0.1) is 0 Å².